The fraction of sp³-hybridized carbons (Fsp3) is 0.417. The zero-order valence-electron chi connectivity index (χ0n) is 18.1. The Morgan fingerprint density at radius 2 is 1.87 bits per heavy atom. The number of nitrogens with one attached hydrogen (secondary N) is 1. The summed E-state index contributed by atoms with van der Waals surface area (Å²) in [7, 11) is 1.34. The number of aliphatic hydroxyl groups is 1. The zero-order chi connectivity index (χ0) is 21.8. The van der Waals surface area contributed by atoms with Gasteiger partial charge in [-0.25, -0.2) is 4.79 Å². The number of carbonyl (C=O) groups is 2. The molecule has 1 heterocycles. The van der Waals surface area contributed by atoms with E-state index in [1.807, 2.05) is 32.0 Å². The number of amides is 1. The van der Waals surface area contributed by atoms with Gasteiger partial charge in [-0.15, -0.1) is 0 Å². The summed E-state index contributed by atoms with van der Waals surface area (Å²) in [6.45, 7) is 7.51. The van der Waals surface area contributed by atoms with Gasteiger partial charge < -0.3 is 20.1 Å². The van der Waals surface area contributed by atoms with Crippen LogP contribution in [0.2, 0.25) is 0 Å². The smallest absolute Gasteiger partial charge is 0.338 e. The molecule has 2 N–H and O–H groups in total. The van der Waals surface area contributed by atoms with Gasteiger partial charge in [-0.2, -0.15) is 0 Å². The van der Waals surface area contributed by atoms with Crippen molar-refractivity contribution in [3.63, 3.8) is 0 Å². The Hall–Kier alpha value is -2.86. The van der Waals surface area contributed by atoms with E-state index < -0.39 is 5.97 Å². The maximum Gasteiger partial charge on any atom is 0.338 e. The summed E-state index contributed by atoms with van der Waals surface area (Å²) in [5.41, 5.74) is 5.10. The molecular formula is C24H30N2O4. The SMILES string of the molecule is COC(=O)c1ccc(C)c(NC(=O)c2cc(N3CCC[C@H](CO)C3)ccc2C)c1C. The largest absolute Gasteiger partial charge is 0.465 e. The lowest BCUT2D eigenvalue weighted by atomic mass is 9.97. The van der Waals surface area contributed by atoms with E-state index in [1.54, 1.807) is 19.1 Å². The number of aryl methyl sites for hydroxylation is 2. The van der Waals surface area contributed by atoms with Crippen LogP contribution in [0.25, 0.3) is 0 Å². The van der Waals surface area contributed by atoms with E-state index in [-0.39, 0.29) is 18.4 Å². The first kappa shape index (κ1) is 21.8. The lowest BCUT2D eigenvalue weighted by Gasteiger charge is -2.34. The Kier molecular flexibility index (Phi) is 6.77. The average Bonchev–Trinajstić information content (AvgIpc) is 2.76. The van der Waals surface area contributed by atoms with Gasteiger partial charge in [0.05, 0.1) is 12.7 Å². The molecule has 30 heavy (non-hydrogen) atoms. The minimum absolute atomic E-state index is 0.185. The average molecular weight is 411 g/mol. The van der Waals surface area contributed by atoms with Crippen LogP contribution in [0.4, 0.5) is 11.4 Å². The van der Waals surface area contributed by atoms with Crippen LogP contribution in [-0.2, 0) is 4.74 Å². The van der Waals surface area contributed by atoms with Crippen molar-refractivity contribution < 1.29 is 19.4 Å². The van der Waals surface area contributed by atoms with Gasteiger partial charge in [-0.1, -0.05) is 12.1 Å². The highest BCUT2D eigenvalue weighted by Crippen LogP contribution is 2.28. The predicted molar refractivity (Wildman–Crippen MR) is 118 cm³/mol. The van der Waals surface area contributed by atoms with Crippen LogP contribution >= 0.6 is 0 Å². The van der Waals surface area contributed by atoms with Crippen LogP contribution < -0.4 is 10.2 Å². The first-order valence-corrected chi connectivity index (χ1v) is 10.3. The molecule has 1 fully saturated rings. The normalized spacial score (nSPS) is 16.3. The number of carbonyl (C=O) groups excluding carboxylic acids is 2. The Bertz CT molecular complexity index is 954. The molecule has 1 aliphatic rings. The number of hydrogen-bond acceptors (Lipinski definition) is 5. The number of rotatable bonds is 5. The third-order valence-electron chi connectivity index (χ3n) is 5.93. The van der Waals surface area contributed by atoms with E-state index in [0.717, 1.165) is 42.7 Å². The molecule has 0 aromatic heterocycles. The van der Waals surface area contributed by atoms with E-state index in [1.165, 1.54) is 7.11 Å². The molecule has 0 aliphatic carbocycles. The van der Waals surface area contributed by atoms with Crippen molar-refractivity contribution in [1.29, 1.82) is 0 Å². The molecular weight excluding hydrogens is 380 g/mol. The second-order valence-corrected chi connectivity index (χ2v) is 8.01. The van der Waals surface area contributed by atoms with Crippen molar-refractivity contribution in [3.8, 4) is 0 Å². The van der Waals surface area contributed by atoms with Crippen LogP contribution in [0, 0.1) is 26.7 Å². The summed E-state index contributed by atoms with van der Waals surface area (Å²) in [6.07, 6.45) is 2.06. The van der Waals surface area contributed by atoms with Gasteiger partial charge in [-0.05, 0) is 74.4 Å². The first-order chi connectivity index (χ1) is 14.3. The quantitative estimate of drug-likeness (QED) is 0.732. The third kappa shape index (κ3) is 4.49. The number of nitrogens with zero attached hydrogens (tertiary/aromatic N) is 1. The van der Waals surface area contributed by atoms with Crippen molar-refractivity contribution in [2.75, 3.05) is 37.0 Å². The van der Waals surface area contributed by atoms with E-state index in [4.69, 9.17) is 4.74 Å². The molecule has 6 nitrogen and oxygen atoms in total. The molecule has 0 unspecified atom stereocenters. The van der Waals surface area contributed by atoms with Crippen LogP contribution in [0.1, 0.15) is 50.2 Å². The van der Waals surface area contributed by atoms with E-state index >= 15 is 0 Å². The number of piperidine rings is 1. The highest BCUT2D eigenvalue weighted by Gasteiger charge is 2.22. The number of aliphatic hydroxyl groups excluding tert-OH is 1. The summed E-state index contributed by atoms with van der Waals surface area (Å²) in [6, 6.07) is 9.42. The zero-order valence-corrected chi connectivity index (χ0v) is 18.1. The Labute approximate surface area is 177 Å². The Balaban J connectivity index is 1.88. The summed E-state index contributed by atoms with van der Waals surface area (Å²) < 4.78 is 4.85. The lowest BCUT2D eigenvalue weighted by Crippen LogP contribution is -2.36. The monoisotopic (exact) mass is 410 g/mol. The van der Waals surface area contributed by atoms with E-state index in [2.05, 4.69) is 10.2 Å². The molecule has 2 aromatic rings. The summed E-state index contributed by atoms with van der Waals surface area (Å²) in [5, 5.41) is 12.5. The van der Waals surface area contributed by atoms with E-state index in [0.29, 0.717) is 22.4 Å². The first-order valence-electron chi connectivity index (χ1n) is 10.3. The van der Waals surface area contributed by atoms with Gasteiger partial charge in [0, 0.05) is 36.6 Å². The van der Waals surface area contributed by atoms with Gasteiger partial charge in [0.1, 0.15) is 0 Å². The lowest BCUT2D eigenvalue weighted by molar-refractivity contribution is 0.0599. The molecule has 0 saturated carbocycles. The highest BCUT2D eigenvalue weighted by molar-refractivity contribution is 6.07. The fourth-order valence-electron chi connectivity index (χ4n) is 4.05. The van der Waals surface area contributed by atoms with Crippen molar-refractivity contribution in [1.82, 2.24) is 0 Å². The molecule has 0 bridgehead atoms. The van der Waals surface area contributed by atoms with Gasteiger partial charge in [0.25, 0.3) is 5.91 Å². The number of ether oxygens (including phenoxy) is 1. The minimum Gasteiger partial charge on any atom is -0.465 e. The number of benzene rings is 2. The molecule has 1 saturated heterocycles. The minimum atomic E-state index is -0.426. The van der Waals surface area contributed by atoms with Gasteiger partial charge in [0.15, 0.2) is 0 Å². The maximum absolute atomic E-state index is 13.2. The number of methoxy groups -OCH3 is 1. The molecule has 1 aliphatic heterocycles. The standard InChI is InChI=1S/C24H30N2O4/c1-15-7-9-19(26-11-5-6-18(13-26)14-27)12-21(15)23(28)25-22-16(2)8-10-20(17(22)3)24(29)30-4/h7-10,12,18,27H,5-6,11,13-14H2,1-4H3,(H,25,28)/t18-/m0/s1. The van der Waals surface area contributed by atoms with Crippen LogP contribution in [0.3, 0.4) is 0 Å². The summed E-state index contributed by atoms with van der Waals surface area (Å²) >= 11 is 0. The number of anilines is 2. The molecule has 1 atom stereocenters. The Morgan fingerprint density at radius 1 is 1.13 bits per heavy atom. The molecule has 3 rings (SSSR count). The summed E-state index contributed by atoms with van der Waals surface area (Å²) in [4.78, 5) is 27.4. The van der Waals surface area contributed by atoms with Crippen LogP contribution in [-0.4, -0.2) is 43.8 Å². The van der Waals surface area contributed by atoms with E-state index in [9.17, 15) is 14.7 Å². The van der Waals surface area contributed by atoms with Gasteiger partial charge >= 0.3 is 5.97 Å². The second kappa shape index (κ2) is 9.30. The van der Waals surface area contributed by atoms with Crippen molar-refractivity contribution in [2.45, 2.75) is 33.6 Å². The fourth-order valence-corrected chi connectivity index (χ4v) is 4.05. The maximum atomic E-state index is 13.2. The molecule has 2 aromatic carbocycles. The molecule has 160 valence electrons. The van der Waals surface area contributed by atoms with Crippen LogP contribution in [0.15, 0.2) is 30.3 Å². The van der Waals surface area contributed by atoms with Gasteiger partial charge in [0.2, 0.25) is 0 Å². The summed E-state index contributed by atoms with van der Waals surface area (Å²) in [5.74, 6) is -0.369. The highest BCUT2D eigenvalue weighted by atomic mass is 16.5. The van der Waals surface area contributed by atoms with Crippen LogP contribution in [0.5, 0.6) is 0 Å². The van der Waals surface area contributed by atoms with Crippen molar-refractivity contribution >= 4 is 23.3 Å². The second-order valence-electron chi connectivity index (χ2n) is 8.01. The molecule has 1 amide bonds. The molecule has 0 spiro atoms. The van der Waals surface area contributed by atoms with Gasteiger partial charge in [-0.3, -0.25) is 4.79 Å². The Morgan fingerprint density at radius 3 is 2.57 bits per heavy atom. The number of hydrogen-bond donors (Lipinski definition) is 2. The molecule has 6 heteroatoms. The van der Waals surface area contributed by atoms with Crippen molar-refractivity contribution in [2.24, 2.45) is 5.92 Å². The van der Waals surface area contributed by atoms with Crippen molar-refractivity contribution in [3.05, 3.63) is 58.1 Å². The topological polar surface area (TPSA) is 78.9 Å². The number of esters is 1. The predicted octanol–water partition coefficient (Wildman–Crippen LogP) is 3.86. The third-order valence-corrected chi connectivity index (χ3v) is 5.93. The molecule has 0 radical (unpaired) electrons.